The molecule has 0 radical (unpaired) electrons. The smallest absolute Gasteiger partial charge is 0.238 e. The lowest BCUT2D eigenvalue weighted by molar-refractivity contribution is -0.128. The molecular formula is C10H21N3O3. The minimum atomic E-state index is -0.178. The number of aliphatic hydroxyl groups excluding tert-OH is 1. The first-order valence-corrected chi connectivity index (χ1v) is 5.57. The monoisotopic (exact) mass is 231 g/mol. The van der Waals surface area contributed by atoms with Crippen molar-refractivity contribution < 1.29 is 14.6 Å². The highest BCUT2D eigenvalue weighted by Crippen LogP contribution is 2.15. The Morgan fingerprint density at radius 2 is 2.38 bits per heavy atom. The van der Waals surface area contributed by atoms with Gasteiger partial charge in [-0.15, -0.1) is 0 Å². The third kappa shape index (κ3) is 3.15. The average molecular weight is 231 g/mol. The highest BCUT2D eigenvalue weighted by atomic mass is 16.5. The van der Waals surface area contributed by atoms with Gasteiger partial charge in [0.25, 0.3) is 0 Å². The molecule has 1 aliphatic rings. The fraction of sp³-hybridized carbons (Fsp3) is 0.900. The van der Waals surface area contributed by atoms with Gasteiger partial charge in [-0.2, -0.15) is 0 Å². The van der Waals surface area contributed by atoms with Gasteiger partial charge < -0.3 is 9.84 Å². The number of nitrogens with one attached hydrogen (secondary N) is 1. The van der Waals surface area contributed by atoms with Crippen molar-refractivity contribution in [2.24, 2.45) is 11.8 Å². The molecule has 6 nitrogen and oxygen atoms in total. The SMILES string of the molecule is CC(C(=O)NN)C(C)N1CCOC(CO)C1. The summed E-state index contributed by atoms with van der Waals surface area (Å²) in [7, 11) is 0. The largest absolute Gasteiger partial charge is 0.394 e. The molecule has 1 fully saturated rings. The molecule has 0 aliphatic carbocycles. The highest BCUT2D eigenvalue weighted by Gasteiger charge is 2.29. The summed E-state index contributed by atoms with van der Waals surface area (Å²) < 4.78 is 5.36. The molecule has 3 atom stereocenters. The van der Waals surface area contributed by atoms with E-state index in [0.29, 0.717) is 13.2 Å². The number of morpholine rings is 1. The summed E-state index contributed by atoms with van der Waals surface area (Å²) in [6, 6.07) is 0.0847. The Bertz CT molecular complexity index is 237. The van der Waals surface area contributed by atoms with Gasteiger partial charge in [0.1, 0.15) is 0 Å². The lowest BCUT2D eigenvalue weighted by atomic mass is 10.0. The second-order valence-corrected chi connectivity index (χ2v) is 4.21. The van der Waals surface area contributed by atoms with Crippen LogP contribution in [0, 0.1) is 5.92 Å². The van der Waals surface area contributed by atoms with Crippen LogP contribution >= 0.6 is 0 Å². The van der Waals surface area contributed by atoms with E-state index in [1.165, 1.54) is 0 Å². The van der Waals surface area contributed by atoms with Crippen molar-refractivity contribution in [3.63, 3.8) is 0 Å². The number of rotatable bonds is 4. The molecule has 1 saturated heterocycles. The molecular weight excluding hydrogens is 210 g/mol. The first-order valence-electron chi connectivity index (χ1n) is 5.57. The number of ether oxygens (including phenoxy) is 1. The molecule has 0 spiro atoms. The van der Waals surface area contributed by atoms with Crippen molar-refractivity contribution in [3.05, 3.63) is 0 Å². The van der Waals surface area contributed by atoms with Crippen LogP contribution in [0.4, 0.5) is 0 Å². The fourth-order valence-electron chi connectivity index (χ4n) is 1.89. The summed E-state index contributed by atoms with van der Waals surface area (Å²) >= 11 is 0. The molecule has 0 aromatic heterocycles. The maximum absolute atomic E-state index is 11.4. The van der Waals surface area contributed by atoms with E-state index in [1.54, 1.807) is 0 Å². The lowest BCUT2D eigenvalue weighted by Crippen LogP contribution is -2.52. The van der Waals surface area contributed by atoms with Crippen molar-refractivity contribution in [3.8, 4) is 0 Å². The van der Waals surface area contributed by atoms with E-state index in [-0.39, 0.29) is 30.6 Å². The Kier molecular flexibility index (Phi) is 5.14. The number of amides is 1. The molecule has 94 valence electrons. The molecule has 0 bridgehead atoms. The van der Waals surface area contributed by atoms with Crippen molar-refractivity contribution >= 4 is 5.91 Å². The first kappa shape index (κ1) is 13.4. The average Bonchev–Trinajstić information content (AvgIpc) is 2.36. The number of aliphatic hydroxyl groups is 1. The van der Waals surface area contributed by atoms with Gasteiger partial charge in [0.05, 0.1) is 25.2 Å². The molecule has 16 heavy (non-hydrogen) atoms. The second kappa shape index (κ2) is 6.15. The number of carbonyl (C=O) groups excluding carboxylic acids is 1. The zero-order chi connectivity index (χ0) is 12.1. The fourth-order valence-corrected chi connectivity index (χ4v) is 1.89. The molecule has 4 N–H and O–H groups in total. The zero-order valence-electron chi connectivity index (χ0n) is 9.85. The number of carbonyl (C=O) groups is 1. The van der Waals surface area contributed by atoms with E-state index in [1.807, 2.05) is 13.8 Å². The molecule has 6 heteroatoms. The van der Waals surface area contributed by atoms with Crippen LogP contribution < -0.4 is 11.3 Å². The first-order chi connectivity index (χ1) is 7.60. The van der Waals surface area contributed by atoms with Gasteiger partial charge in [-0.3, -0.25) is 15.1 Å². The second-order valence-electron chi connectivity index (χ2n) is 4.21. The van der Waals surface area contributed by atoms with Gasteiger partial charge in [-0.05, 0) is 6.92 Å². The summed E-state index contributed by atoms with van der Waals surface area (Å²) in [6.07, 6.45) is -0.149. The summed E-state index contributed by atoms with van der Waals surface area (Å²) in [5.41, 5.74) is 2.16. The van der Waals surface area contributed by atoms with Crippen LogP contribution in [0.5, 0.6) is 0 Å². The third-order valence-corrected chi connectivity index (χ3v) is 3.23. The van der Waals surface area contributed by atoms with Gasteiger partial charge in [0.2, 0.25) is 5.91 Å². The van der Waals surface area contributed by atoms with E-state index in [9.17, 15) is 4.79 Å². The van der Waals surface area contributed by atoms with Crippen LogP contribution in [0.3, 0.4) is 0 Å². The minimum Gasteiger partial charge on any atom is -0.394 e. The molecule has 3 unspecified atom stereocenters. The maximum atomic E-state index is 11.4. The molecule has 0 saturated carbocycles. The van der Waals surface area contributed by atoms with Crippen molar-refractivity contribution in [1.82, 2.24) is 10.3 Å². The molecule has 1 rings (SSSR count). The highest BCUT2D eigenvalue weighted by molar-refractivity contribution is 5.78. The van der Waals surface area contributed by atoms with E-state index < -0.39 is 0 Å². The summed E-state index contributed by atoms with van der Waals surface area (Å²) in [5, 5.41) is 9.03. The van der Waals surface area contributed by atoms with Gasteiger partial charge in [-0.25, -0.2) is 5.84 Å². The number of hydrazine groups is 1. The molecule has 1 aliphatic heterocycles. The standard InChI is InChI=1S/C10H21N3O3/c1-7(10(15)12-11)8(2)13-3-4-16-9(5-13)6-14/h7-9,14H,3-6,11H2,1-2H3,(H,12,15). The van der Waals surface area contributed by atoms with Crippen molar-refractivity contribution in [2.75, 3.05) is 26.3 Å². The van der Waals surface area contributed by atoms with E-state index in [4.69, 9.17) is 15.7 Å². The molecule has 1 amide bonds. The summed E-state index contributed by atoms with van der Waals surface area (Å²) in [4.78, 5) is 13.5. The van der Waals surface area contributed by atoms with Gasteiger partial charge in [-0.1, -0.05) is 6.92 Å². The predicted molar refractivity (Wildman–Crippen MR) is 59.4 cm³/mol. The number of hydrogen-bond donors (Lipinski definition) is 3. The van der Waals surface area contributed by atoms with Crippen LogP contribution in [0.2, 0.25) is 0 Å². The van der Waals surface area contributed by atoms with Crippen LogP contribution in [0.1, 0.15) is 13.8 Å². The van der Waals surface area contributed by atoms with Crippen LogP contribution in [-0.4, -0.2) is 54.4 Å². The van der Waals surface area contributed by atoms with Crippen LogP contribution in [0.25, 0.3) is 0 Å². The normalized spacial score (nSPS) is 26.1. The van der Waals surface area contributed by atoms with Crippen LogP contribution in [0.15, 0.2) is 0 Å². The Morgan fingerprint density at radius 1 is 1.69 bits per heavy atom. The third-order valence-electron chi connectivity index (χ3n) is 3.23. The van der Waals surface area contributed by atoms with Gasteiger partial charge in [0, 0.05) is 19.1 Å². The number of hydrogen-bond acceptors (Lipinski definition) is 5. The van der Waals surface area contributed by atoms with Crippen molar-refractivity contribution in [1.29, 1.82) is 0 Å². The van der Waals surface area contributed by atoms with E-state index in [0.717, 1.165) is 6.54 Å². The molecule has 1 heterocycles. The minimum absolute atomic E-state index is 0.0146. The lowest BCUT2D eigenvalue weighted by Gasteiger charge is -2.38. The topological polar surface area (TPSA) is 87.8 Å². The summed E-state index contributed by atoms with van der Waals surface area (Å²) in [5.74, 6) is 4.77. The quantitative estimate of drug-likeness (QED) is 0.318. The van der Waals surface area contributed by atoms with Crippen LogP contribution in [-0.2, 0) is 9.53 Å². The van der Waals surface area contributed by atoms with E-state index >= 15 is 0 Å². The molecule has 0 aromatic rings. The summed E-state index contributed by atoms with van der Waals surface area (Å²) in [6.45, 7) is 5.86. The van der Waals surface area contributed by atoms with Gasteiger partial charge >= 0.3 is 0 Å². The Labute approximate surface area is 95.7 Å². The van der Waals surface area contributed by atoms with Gasteiger partial charge in [0.15, 0.2) is 0 Å². The zero-order valence-corrected chi connectivity index (χ0v) is 9.85. The predicted octanol–water partition coefficient (Wildman–Crippen LogP) is -1.31. The Hall–Kier alpha value is -0.690. The molecule has 0 aromatic carbocycles. The Morgan fingerprint density at radius 3 is 2.94 bits per heavy atom. The van der Waals surface area contributed by atoms with Crippen molar-refractivity contribution in [2.45, 2.75) is 26.0 Å². The van der Waals surface area contributed by atoms with E-state index in [2.05, 4.69) is 10.3 Å². The Balaban J connectivity index is 2.52. The number of nitrogens with two attached hydrogens (primary N) is 1. The number of nitrogens with zero attached hydrogens (tertiary/aromatic N) is 1. The maximum Gasteiger partial charge on any atom is 0.238 e.